The van der Waals surface area contributed by atoms with Gasteiger partial charge in [0.1, 0.15) is 10.8 Å². The van der Waals surface area contributed by atoms with E-state index in [-0.39, 0.29) is 0 Å². The average molecular weight is 302 g/mol. The van der Waals surface area contributed by atoms with E-state index in [0.717, 1.165) is 17.9 Å². The Morgan fingerprint density at radius 3 is 3.00 bits per heavy atom. The molecular weight excluding hydrogens is 280 g/mol. The van der Waals surface area contributed by atoms with Gasteiger partial charge in [-0.2, -0.15) is 0 Å². The molecule has 0 amide bonds. The predicted octanol–water partition coefficient (Wildman–Crippen LogP) is 4.19. The molecule has 2 aromatic rings. The Morgan fingerprint density at radius 1 is 1.43 bits per heavy atom. The van der Waals surface area contributed by atoms with Crippen LogP contribution in [0.3, 0.4) is 0 Å². The average Bonchev–Trinajstić information content (AvgIpc) is 2.93. The molecule has 1 heterocycles. The second-order valence-electron chi connectivity index (χ2n) is 5.73. The van der Waals surface area contributed by atoms with Crippen LogP contribution < -0.4 is 10.1 Å². The van der Waals surface area contributed by atoms with Gasteiger partial charge in [-0.25, -0.2) is 4.98 Å². The van der Waals surface area contributed by atoms with Crippen molar-refractivity contribution in [1.82, 2.24) is 10.3 Å². The molecule has 0 saturated carbocycles. The van der Waals surface area contributed by atoms with Crippen LogP contribution in [0.2, 0.25) is 0 Å². The Morgan fingerprint density at radius 2 is 2.29 bits per heavy atom. The molecular formula is C17H22N2OS. The van der Waals surface area contributed by atoms with Crippen LogP contribution in [0.5, 0.6) is 5.75 Å². The van der Waals surface area contributed by atoms with Gasteiger partial charge in [0.2, 0.25) is 0 Å². The van der Waals surface area contributed by atoms with Crippen molar-refractivity contribution in [2.75, 3.05) is 7.11 Å². The van der Waals surface area contributed by atoms with E-state index in [1.807, 2.05) is 0 Å². The van der Waals surface area contributed by atoms with Gasteiger partial charge in [0.15, 0.2) is 0 Å². The Bertz CT molecular complexity index is 623. The molecule has 1 aliphatic rings. The van der Waals surface area contributed by atoms with Crippen molar-refractivity contribution in [2.45, 2.75) is 45.2 Å². The summed E-state index contributed by atoms with van der Waals surface area (Å²) in [6, 6.07) is 7.17. The fourth-order valence-electron chi connectivity index (χ4n) is 3.03. The molecule has 0 saturated heterocycles. The van der Waals surface area contributed by atoms with Crippen molar-refractivity contribution in [3.63, 3.8) is 0 Å². The van der Waals surface area contributed by atoms with Crippen LogP contribution in [0.1, 0.15) is 53.7 Å². The van der Waals surface area contributed by atoms with E-state index in [2.05, 4.69) is 47.7 Å². The van der Waals surface area contributed by atoms with Gasteiger partial charge in [-0.1, -0.05) is 6.07 Å². The van der Waals surface area contributed by atoms with E-state index in [9.17, 15) is 0 Å². The fourth-order valence-corrected chi connectivity index (χ4v) is 3.85. The molecule has 1 N–H and O–H groups in total. The Labute approximate surface area is 130 Å². The number of nitrogens with one attached hydrogen (secondary N) is 1. The van der Waals surface area contributed by atoms with Gasteiger partial charge in [-0.15, -0.1) is 11.3 Å². The first-order valence-corrected chi connectivity index (χ1v) is 8.40. The number of rotatable bonds is 4. The molecule has 21 heavy (non-hydrogen) atoms. The standard InChI is InChI=1S/C17H22N2OS/c1-11-10-21-17(18-11)12(2)19-16-6-4-5-13-9-14(20-3)7-8-15(13)16/h7-10,12,16,19H,4-6H2,1-3H3. The van der Waals surface area contributed by atoms with Crippen LogP contribution in [-0.4, -0.2) is 12.1 Å². The lowest BCUT2D eigenvalue weighted by molar-refractivity contribution is 0.402. The third kappa shape index (κ3) is 3.11. The summed E-state index contributed by atoms with van der Waals surface area (Å²) in [5.74, 6) is 0.956. The molecule has 2 unspecified atom stereocenters. The van der Waals surface area contributed by atoms with Crippen molar-refractivity contribution < 1.29 is 4.74 Å². The minimum absolute atomic E-state index is 0.293. The molecule has 0 fully saturated rings. The van der Waals surface area contributed by atoms with Crippen molar-refractivity contribution in [1.29, 1.82) is 0 Å². The summed E-state index contributed by atoms with van der Waals surface area (Å²) in [6.07, 6.45) is 3.56. The number of ether oxygens (including phenoxy) is 1. The van der Waals surface area contributed by atoms with Gasteiger partial charge in [-0.3, -0.25) is 0 Å². The molecule has 1 aromatic carbocycles. The van der Waals surface area contributed by atoms with E-state index >= 15 is 0 Å². The summed E-state index contributed by atoms with van der Waals surface area (Å²) in [7, 11) is 1.73. The number of benzene rings is 1. The van der Waals surface area contributed by atoms with Gasteiger partial charge in [0.25, 0.3) is 0 Å². The Hall–Kier alpha value is -1.39. The first kappa shape index (κ1) is 14.5. The van der Waals surface area contributed by atoms with Crippen molar-refractivity contribution in [3.05, 3.63) is 45.4 Å². The summed E-state index contributed by atoms with van der Waals surface area (Å²) in [5.41, 5.74) is 3.94. The van der Waals surface area contributed by atoms with Crippen LogP contribution >= 0.6 is 11.3 Å². The lowest BCUT2D eigenvalue weighted by atomic mass is 9.87. The smallest absolute Gasteiger partial charge is 0.119 e. The quantitative estimate of drug-likeness (QED) is 0.919. The third-order valence-electron chi connectivity index (χ3n) is 4.12. The summed E-state index contributed by atoms with van der Waals surface area (Å²) < 4.78 is 5.34. The number of methoxy groups -OCH3 is 1. The predicted molar refractivity (Wildman–Crippen MR) is 87.1 cm³/mol. The molecule has 4 heteroatoms. The van der Waals surface area contributed by atoms with Crippen LogP contribution in [-0.2, 0) is 6.42 Å². The monoisotopic (exact) mass is 302 g/mol. The lowest BCUT2D eigenvalue weighted by Gasteiger charge is -2.29. The van der Waals surface area contributed by atoms with Crippen molar-refractivity contribution in [2.24, 2.45) is 0 Å². The number of hydrogen-bond donors (Lipinski definition) is 1. The van der Waals surface area contributed by atoms with Gasteiger partial charge in [-0.05, 0) is 56.4 Å². The summed E-state index contributed by atoms with van der Waals surface area (Å²) >= 11 is 1.74. The number of thiazole rings is 1. The summed E-state index contributed by atoms with van der Waals surface area (Å²) in [5, 5.41) is 7.04. The highest BCUT2D eigenvalue weighted by atomic mass is 32.1. The van der Waals surface area contributed by atoms with Gasteiger partial charge < -0.3 is 10.1 Å². The zero-order valence-corrected chi connectivity index (χ0v) is 13.7. The maximum Gasteiger partial charge on any atom is 0.119 e. The first-order chi connectivity index (χ1) is 10.2. The highest BCUT2D eigenvalue weighted by Crippen LogP contribution is 2.34. The molecule has 0 spiro atoms. The maximum atomic E-state index is 5.34. The number of aryl methyl sites for hydroxylation is 2. The number of nitrogens with zero attached hydrogens (tertiary/aromatic N) is 1. The zero-order valence-electron chi connectivity index (χ0n) is 12.8. The lowest BCUT2D eigenvalue weighted by Crippen LogP contribution is -2.27. The van der Waals surface area contributed by atoms with Gasteiger partial charge >= 0.3 is 0 Å². The number of aromatic nitrogens is 1. The fraction of sp³-hybridized carbons (Fsp3) is 0.471. The van der Waals surface area contributed by atoms with Gasteiger partial charge in [0.05, 0.1) is 13.2 Å². The number of fused-ring (bicyclic) bond motifs is 1. The van der Waals surface area contributed by atoms with Crippen molar-refractivity contribution >= 4 is 11.3 Å². The van der Waals surface area contributed by atoms with Gasteiger partial charge in [0, 0.05) is 17.1 Å². The highest BCUT2D eigenvalue weighted by molar-refractivity contribution is 7.09. The molecule has 1 aliphatic carbocycles. The van der Waals surface area contributed by atoms with Crippen molar-refractivity contribution in [3.8, 4) is 5.75 Å². The molecule has 112 valence electrons. The first-order valence-electron chi connectivity index (χ1n) is 7.52. The third-order valence-corrected chi connectivity index (χ3v) is 5.27. The minimum Gasteiger partial charge on any atom is -0.497 e. The Kier molecular flexibility index (Phi) is 4.27. The van der Waals surface area contributed by atoms with Crippen LogP contribution in [0.15, 0.2) is 23.6 Å². The summed E-state index contributed by atoms with van der Waals surface area (Å²) in [6.45, 7) is 4.25. The topological polar surface area (TPSA) is 34.1 Å². The van der Waals surface area contributed by atoms with Crippen LogP contribution in [0, 0.1) is 6.92 Å². The SMILES string of the molecule is COc1ccc2c(c1)CCCC2NC(C)c1nc(C)cs1. The molecule has 3 nitrogen and oxygen atoms in total. The second-order valence-corrected chi connectivity index (χ2v) is 6.61. The number of hydrogen-bond acceptors (Lipinski definition) is 4. The molecule has 0 bridgehead atoms. The normalized spacial score (nSPS) is 19.1. The molecule has 2 atom stereocenters. The maximum absolute atomic E-state index is 5.34. The Balaban J connectivity index is 1.78. The van der Waals surface area contributed by atoms with Crippen LogP contribution in [0.4, 0.5) is 0 Å². The summed E-state index contributed by atoms with van der Waals surface area (Å²) in [4.78, 5) is 4.60. The molecule has 0 aliphatic heterocycles. The largest absolute Gasteiger partial charge is 0.497 e. The van der Waals surface area contributed by atoms with E-state index in [0.29, 0.717) is 12.1 Å². The van der Waals surface area contributed by atoms with E-state index in [4.69, 9.17) is 4.74 Å². The second kappa shape index (κ2) is 6.16. The van der Waals surface area contributed by atoms with E-state index in [1.165, 1.54) is 29.0 Å². The molecule has 0 radical (unpaired) electrons. The highest BCUT2D eigenvalue weighted by Gasteiger charge is 2.23. The zero-order chi connectivity index (χ0) is 14.8. The molecule has 1 aromatic heterocycles. The van der Waals surface area contributed by atoms with Crippen LogP contribution in [0.25, 0.3) is 0 Å². The van der Waals surface area contributed by atoms with E-state index in [1.54, 1.807) is 18.4 Å². The minimum atomic E-state index is 0.293. The van der Waals surface area contributed by atoms with E-state index < -0.39 is 0 Å². The molecule has 3 rings (SSSR count).